The Morgan fingerprint density at radius 3 is 2.64 bits per heavy atom. The summed E-state index contributed by atoms with van der Waals surface area (Å²) >= 11 is 11.2. The van der Waals surface area contributed by atoms with E-state index < -0.39 is 5.91 Å². The summed E-state index contributed by atoms with van der Waals surface area (Å²) in [7, 11) is 0. The molecule has 0 heterocycles. The van der Waals surface area contributed by atoms with Crippen LogP contribution in [-0.4, -0.2) is 5.91 Å². The van der Waals surface area contributed by atoms with Gasteiger partial charge in [-0.2, -0.15) is 0 Å². The maximum atomic E-state index is 10.7. The highest BCUT2D eigenvalue weighted by molar-refractivity contribution is 6.42. The van der Waals surface area contributed by atoms with Gasteiger partial charge in [-0.25, -0.2) is 0 Å². The zero-order valence-corrected chi connectivity index (χ0v) is 6.91. The van der Waals surface area contributed by atoms with Crippen molar-refractivity contribution in [3.63, 3.8) is 0 Å². The lowest BCUT2D eigenvalue weighted by Gasteiger charge is -1.97. The fourth-order valence-electron chi connectivity index (χ4n) is 0.594. The van der Waals surface area contributed by atoms with Crippen molar-refractivity contribution < 1.29 is 6.17 Å². The lowest BCUT2D eigenvalue weighted by atomic mass is 10.2. The Kier molecular flexibility index (Phi) is 1.97. The molecule has 0 aliphatic heterocycles. The van der Waals surface area contributed by atoms with Gasteiger partial charge in [0.25, 0.3) is 0 Å². The Bertz CT molecular complexity index is 317. The Labute approximate surface area is 75.3 Å². The smallest absolute Gasteiger partial charge is 0.248 e. The highest BCUT2D eigenvalue weighted by atomic mass is 35.5. The van der Waals surface area contributed by atoms with Crippen molar-refractivity contribution in [3.8, 4) is 0 Å². The molecule has 0 aromatic heterocycles. The van der Waals surface area contributed by atoms with E-state index in [4.69, 9.17) is 30.3 Å². The van der Waals surface area contributed by atoms with Crippen LogP contribution in [0.5, 0.6) is 0 Å². The van der Waals surface area contributed by atoms with Gasteiger partial charge in [0.15, 0.2) is 0 Å². The van der Waals surface area contributed by atoms with Crippen molar-refractivity contribution in [2.75, 3.05) is 0 Å². The number of nitrogens with two attached hydrogens (primary N) is 1. The van der Waals surface area contributed by atoms with Crippen LogP contribution in [0.25, 0.3) is 0 Å². The average molecular weight is 191 g/mol. The molecule has 0 aliphatic rings. The molecular weight excluding hydrogens is 185 g/mol. The maximum absolute atomic E-state index is 10.7. The van der Waals surface area contributed by atoms with Crippen LogP contribution in [0.15, 0.2) is 18.2 Å². The van der Waals surface area contributed by atoms with Gasteiger partial charge in [-0.05, 0) is 18.2 Å². The van der Waals surface area contributed by atoms with Crippen LogP contribution < -0.4 is 5.73 Å². The van der Waals surface area contributed by atoms with Crippen LogP contribution >= 0.6 is 23.2 Å². The van der Waals surface area contributed by atoms with Gasteiger partial charge in [-0.1, -0.05) is 23.2 Å². The van der Waals surface area contributed by atoms with Crippen LogP contribution in [0.2, 0.25) is 10.0 Å². The van der Waals surface area contributed by atoms with Crippen molar-refractivity contribution in [3.05, 3.63) is 33.8 Å². The average Bonchev–Trinajstić information content (AvgIpc) is 1.99. The topological polar surface area (TPSA) is 43.1 Å². The molecule has 2 N–H and O–H groups in total. The molecule has 1 rings (SSSR count). The second-order valence-corrected chi connectivity index (χ2v) is 2.70. The summed E-state index contributed by atoms with van der Waals surface area (Å²) in [4.78, 5) is 10.7. The van der Waals surface area contributed by atoms with E-state index in [0.717, 1.165) is 0 Å². The number of hydrogen-bond donors (Lipinski definition) is 1. The molecular formula is C7H5Cl2NO. The maximum Gasteiger partial charge on any atom is 0.248 e. The molecule has 0 saturated carbocycles. The summed E-state index contributed by atoms with van der Waals surface area (Å²) in [6, 6.07) is 2.61. The molecule has 2 nitrogen and oxygen atoms in total. The van der Waals surface area contributed by atoms with E-state index >= 15 is 0 Å². The van der Waals surface area contributed by atoms with Gasteiger partial charge in [-0.3, -0.25) is 4.79 Å². The van der Waals surface area contributed by atoms with E-state index in [-0.39, 0.29) is 21.7 Å². The Morgan fingerprint density at radius 2 is 2.18 bits per heavy atom. The number of carbonyl (C=O) groups excluding carboxylic acids is 1. The minimum absolute atomic E-state index is 0.00188. The van der Waals surface area contributed by atoms with Crippen molar-refractivity contribution in [2.45, 2.75) is 0 Å². The summed E-state index contributed by atoms with van der Waals surface area (Å²) in [5.74, 6) is -0.623. The van der Waals surface area contributed by atoms with E-state index in [9.17, 15) is 4.79 Å². The van der Waals surface area contributed by atoms with Crippen molar-refractivity contribution in [2.24, 2.45) is 5.73 Å². The molecule has 0 spiro atoms. The second-order valence-electron chi connectivity index (χ2n) is 1.91. The molecule has 0 fully saturated rings. The number of halogens is 2. The van der Waals surface area contributed by atoms with Gasteiger partial charge in [0.05, 0.1) is 11.4 Å². The van der Waals surface area contributed by atoms with Gasteiger partial charge < -0.3 is 5.73 Å². The van der Waals surface area contributed by atoms with Crippen LogP contribution in [-0.2, 0) is 0 Å². The van der Waals surface area contributed by atoms with E-state index in [1.54, 1.807) is 0 Å². The van der Waals surface area contributed by atoms with Gasteiger partial charge in [0.2, 0.25) is 5.91 Å². The zero-order valence-electron chi connectivity index (χ0n) is 6.40. The first-order chi connectivity index (χ1) is 5.52. The zero-order chi connectivity index (χ0) is 9.30. The largest absolute Gasteiger partial charge is 0.366 e. The number of carbonyl (C=O) groups is 1. The number of rotatable bonds is 1. The molecule has 1 aromatic carbocycles. The number of hydrogen-bond acceptors (Lipinski definition) is 1. The van der Waals surface area contributed by atoms with E-state index in [1.807, 2.05) is 0 Å². The van der Waals surface area contributed by atoms with E-state index in [0.29, 0.717) is 0 Å². The van der Waals surface area contributed by atoms with Crippen molar-refractivity contribution in [1.29, 1.82) is 0 Å². The molecule has 4 heteroatoms. The Hall–Kier alpha value is -0.730. The van der Waals surface area contributed by atoms with Crippen molar-refractivity contribution in [1.82, 2.24) is 0 Å². The third kappa shape index (κ3) is 1.85. The Balaban J connectivity index is 3.31. The lowest BCUT2D eigenvalue weighted by molar-refractivity contribution is 0.100. The van der Waals surface area contributed by atoms with Crippen LogP contribution in [0.1, 0.15) is 11.7 Å². The molecule has 0 saturated heterocycles. The normalized spacial score (nSPS) is 10.9. The monoisotopic (exact) mass is 190 g/mol. The minimum atomic E-state index is -0.623. The predicted octanol–water partition coefficient (Wildman–Crippen LogP) is 2.09. The van der Waals surface area contributed by atoms with Crippen LogP contribution in [0.4, 0.5) is 0 Å². The molecule has 0 unspecified atom stereocenters. The summed E-state index contributed by atoms with van der Waals surface area (Å²) < 4.78 is 7.27. The number of amides is 1. The highest BCUT2D eigenvalue weighted by Crippen LogP contribution is 2.22. The van der Waals surface area contributed by atoms with E-state index in [1.165, 1.54) is 12.1 Å². The van der Waals surface area contributed by atoms with Gasteiger partial charge >= 0.3 is 0 Å². The number of primary amides is 1. The number of benzene rings is 1. The van der Waals surface area contributed by atoms with Crippen LogP contribution in [0.3, 0.4) is 0 Å². The summed E-state index contributed by atoms with van der Waals surface area (Å²) in [5.41, 5.74) is 5.17. The summed E-state index contributed by atoms with van der Waals surface area (Å²) in [6.07, 6.45) is 0. The molecule has 11 heavy (non-hydrogen) atoms. The first-order valence-corrected chi connectivity index (χ1v) is 3.53. The molecule has 58 valence electrons. The SMILES string of the molecule is [2H]c1cc(C(N)=O)cc(Cl)c1Cl. The second kappa shape index (κ2) is 3.11. The molecule has 0 aliphatic carbocycles. The fraction of sp³-hybridized carbons (Fsp3) is 0. The molecule has 0 radical (unpaired) electrons. The molecule has 0 atom stereocenters. The summed E-state index contributed by atoms with van der Waals surface area (Å²) in [5, 5.41) is 0.291. The van der Waals surface area contributed by atoms with Gasteiger partial charge in [0, 0.05) is 5.56 Å². The minimum Gasteiger partial charge on any atom is -0.366 e. The van der Waals surface area contributed by atoms with Gasteiger partial charge in [0.1, 0.15) is 0 Å². The van der Waals surface area contributed by atoms with E-state index in [2.05, 4.69) is 0 Å². The van der Waals surface area contributed by atoms with Crippen LogP contribution in [0, 0.1) is 0 Å². The molecule has 1 amide bonds. The Morgan fingerprint density at radius 1 is 1.55 bits per heavy atom. The predicted molar refractivity (Wildman–Crippen MR) is 45.0 cm³/mol. The standard InChI is InChI=1S/C7H5Cl2NO/c8-5-2-1-4(7(10)11)3-6(5)9/h1-3H,(H2,10,11)/i2D. The lowest BCUT2D eigenvalue weighted by Crippen LogP contribution is -2.10. The third-order valence-electron chi connectivity index (χ3n) is 1.13. The van der Waals surface area contributed by atoms with Gasteiger partial charge in [-0.15, -0.1) is 0 Å². The molecule has 1 aromatic rings. The quantitative estimate of drug-likeness (QED) is 0.725. The summed E-state index contributed by atoms with van der Waals surface area (Å²) in [6.45, 7) is 0. The third-order valence-corrected chi connectivity index (χ3v) is 1.84. The first kappa shape index (κ1) is 6.95. The highest BCUT2D eigenvalue weighted by Gasteiger charge is 2.02. The van der Waals surface area contributed by atoms with Crippen molar-refractivity contribution >= 4 is 29.1 Å². The fourth-order valence-corrected chi connectivity index (χ4v) is 0.875. The molecule has 0 bridgehead atoms. The first-order valence-electron chi connectivity index (χ1n) is 3.28.